The molecule has 1 N–H and O–H groups in total. The van der Waals surface area contributed by atoms with Gasteiger partial charge >= 0.3 is 0 Å². The Morgan fingerprint density at radius 2 is 2.29 bits per heavy atom. The maximum absolute atomic E-state index is 12.8. The van der Waals surface area contributed by atoms with Crippen LogP contribution in [0.1, 0.15) is 5.56 Å². The van der Waals surface area contributed by atoms with Crippen molar-refractivity contribution >= 4 is 0 Å². The van der Waals surface area contributed by atoms with E-state index in [2.05, 4.69) is 5.10 Å². The van der Waals surface area contributed by atoms with Crippen molar-refractivity contribution < 1.29 is 9.50 Å². The normalized spacial score (nSPS) is 10.4. The van der Waals surface area contributed by atoms with Crippen LogP contribution in [0.15, 0.2) is 36.7 Å². The minimum absolute atomic E-state index is 0.112. The summed E-state index contributed by atoms with van der Waals surface area (Å²) < 4.78 is 14.3. The number of hydrogen-bond donors (Lipinski definition) is 1. The van der Waals surface area contributed by atoms with E-state index >= 15 is 0 Å². The van der Waals surface area contributed by atoms with Crippen LogP contribution >= 0.6 is 0 Å². The minimum Gasteiger partial charge on any atom is -0.505 e. The fraction of sp³-hybridized carbons (Fsp3) is 0.100. The van der Waals surface area contributed by atoms with Crippen LogP contribution in [0, 0.1) is 5.82 Å². The van der Waals surface area contributed by atoms with Crippen molar-refractivity contribution in [2.75, 3.05) is 0 Å². The molecule has 1 aromatic carbocycles. The summed E-state index contributed by atoms with van der Waals surface area (Å²) in [7, 11) is 0. The molecule has 2 rings (SSSR count). The van der Waals surface area contributed by atoms with E-state index < -0.39 is 0 Å². The molecule has 0 bridgehead atoms. The van der Waals surface area contributed by atoms with E-state index in [-0.39, 0.29) is 11.6 Å². The average Bonchev–Trinajstić information content (AvgIpc) is 2.51. The summed E-state index contributed by atoms with van der Waals surface area (Å²) in [5, 5.41) is 12.9. The Labute approximate surface area is 80.4 Å². The van der Waals surface area contributed by atoms with Crippen molar-refractivity contribution in [3.8, 4) is 5.75 Å². The zero-order valence-corrected chi connectivity index (χ0v) is 7.39. The van der Waals surface area contributed by atoms with Gasteiger partial charge in [-0.1, -0.05) is 12.1 Å². The third-order valence-corrected chi connectivity index (χ3v) is 1.85. The molecule has 2 aromatic rings. The fourth-order valence-corrected chi connectivity index (χ4v) is 1.26. The van der Waals surface area contributed by atoms with Gasteiger partial charge < -0.3 is 5.11 Å². The average molecular weight is 192 g/mol. The summed E-state index contributed by atoms with van der Waals surface area (Å²) in [4.78, 5) is 0. The van der Waals surface area contributed by atoms with Crippen LogP contribution < -0.4 is 0 Å². The lowest BCUT2D eigenvalue weighted by atomic mass is 10.2. The highest BCUT2D eigenvalue weighted by Crippen LogP contribution is 2.08. The largest absolute Gasteiger partial charge is 0.505 e. The molecule has 4 heteroatoms. The van der Waals surface area contributed by atoms with Gasteiger partial charge in [-0.15, -0.1) is 0 Å². The SMILES string of the molecule is Oc1cnn(Cc2cccc(F)c2)c1. The van der Waals surface area contributed by atoms with Gasteiger partial charge in [-0.3, -0.25) is 4.68 Å². The summed E-state index contributed by atoms with van der Waals surface area (Å²) in [6.45, 7) is 0.457. The molecule has 0 aliphatic carbocycles. The molecule has 3 nitrogen and oxygen atoms in total. The minimum atomic E-state index is -0.265. The number of aromatic nitrogens is 2. The topological polar surface area (TPSA) is 38.1 Å². The summed E-state index contributed by atoms with van der Waals surface area (Å²) in [5.74, 6) is -0.153. The molecule has 0 unspecified atom stereocenters. The second kappa shape index (κ2) is 3.49. The Kier molecular flexibility index (Phi) is 2.18. The van der Waals surface area contributed by atoms with Crippen molar-refractivity contribution in [2.45, 2.75) is 6.54 Å². The van der Waals surface area contributed by atoms with E-state index in [0.717, 1.165) is 5.56 Å². The number of halogens is 1. The molecular formula is C10H9FN2O. The predicted molar refractivity (Wildman–Crippen MR) is 49.4 cm³/mol. The summed E-state index contributed by atoms with van der Waals surface area (Å²) in [5.41, 5.74) is 0.813. The zero-order valence-electron chi connectivity index (χ0n) is 7.39. The van der Waals surface area contributed by atoms with Gasteiger partial charge in [-0.05, 0) is 17.7 Å². The van der Waals surface area contributed by atoms with Crippen LogP contribution in [0.25, 0.3) is 0 Å². The molecule has 1 heterocycles. The Balaban J connectivity index is 2.18. The quantitative estimate of drug-likeness (QED) is 0.787. The van der Waals surface area contributed by atoms with Crippen LogP contribution in [0.4, 0.5) is 4.39 Å². The van der Waals surface area contributed by atoms with Crippen molar-refractivity contribution in [3.63, 3.8) is 0 Å². The molecule has 0 aliphatic rings. The van der Waals surface area contributed by atoms with Gasteiger partial charge in [0.2, 0.25) is 0 Å². The first-order valence-corrected chi connectivity index (χ1v) is 4.20. The Morgan fingerprint density at radius 3 is 2.93 bits per heavy atom. The Hall–Kier alpha value is -1.84. The highest BCUT2D eigenvalue weighted by atomic mass is 19.1. The van der Waals surface area contributed by atoms with Gasteiger partial charge in [0.05, 0.1) is 18.9 Å². The van der Waals surface area contributed by atoms with Crippen LogP contribution in [-0.2, 0) is 6.54 Å². The zero-order chi connectivity index (χ0) is 9.97. The molecule has 0 radical (unpaired) electrons. The van der Waals surface area contributed by atoms with Gasteiger partial charge in [0.25, 0.3) is 0 Å². The molecule has 0 saturated heterocycles. The highest BCUT2D eigenvalue weighted by molar-refractivity contribution is 5.17. The second-order valence-electron chi connectivity index (χ2n) is 3.03. The van der Waals surface area contributed by atoms with E-state index in [1.165, 1.54) is 24.5 Å². The summed E-state index contributed by atoms with van der Waals surface area (Å²) >= 11 is 0. The molecular weight excluding hydrogens is 183 g/mol. The lowest BCUT2D eigenvalue weighted by molar-refractivity contribution is 0.474. The first-order chi connectivity index (χ1) is 6.74. The van der Waals surface area contributed by atoms with Gasteiger partial charge in [-0.25, -0.2) is 4.39 Å². The van der Waals surface area contributed by atoms with Gasteiger partial charge in [0.15, 0.2) is 5.75 Å². The van der Waals surface area contributed by atoms with Crippen molar-refractivity contribution in [1.82, 2.24) is 9.78 Å². The Morgan fingerprint density at radius 1 is 1.43 bits per heavy atom. The number of aromatic hydroxyl groups is 1. The van der Waals surface area contributed by atoms with E-state index in [4.69, 9.17) is 5.11 Å². The number of benzene rings is 1. The molecule has 0 aliphatic heterocycles. The van der Waals surface area contributed by atoms with Crippen molar-refractivity contribution in [1.29, 1.82) is 0 Å². The van der Waals surface area contributed by atoms with Crippen molar-refractivity contribution in [2.24, 2.45) is 0 Å². The van der Waals surface area contributed by atoms with Crippen LogP contribution in [0.5, 0.6) is 5.75 Å². The molecule has 0 fully saturated rings. The molecule has 72 valence electrons. The smallest absolute Gasteiger partial charge is 0.153 e. The number of hydrogen-bond acceptors (Lipinski definition) is 2. The van der Waals surface area contributed by atoms with Gasteiger partial charge in [0, 0.05) is 0 Å². The molecule has 0 amide bonds. The van der Waals surface area contributed by atoms with Gasteiger partial charge in [0.1, 0.15) is 5.82 Å². The third kappa shape index (κ3) is 1.90. The first-order valence-electron chi connectivity index (χ1n) is 4.20. The lowest BCUT2D eigenvalue weighted by Gasteiger charge is -2.00. The highest BCUT2D eigenvalue weighted by Gasteiger charge is 1.98. The molecule has 0 spiro atoms. The maximum Gasteiger partial charge on any atom is 0.153 e. The number of rotatable bonds is 2. The third-order valence-electron chi connectivity index (χ3n) is 1.85. The van der Waals surface area contributed by atoms with E-state index in [1.54, 1.807) is 10.7 Å². The monoisotopic (exact) mass is 192 g/mol. The molecule has 1 aromatic heterocycles. The Bertz CT molecular complexity index is 439. The van der Waals surface area contributed by atoms with Crippen LogP contribution in [0.3, 0.4) is 0 Å². The molecule has 0 saturated carbocycles. The van der Waals surface area contributed by atoms with Crippen LogP contribution in [-0.4, -0.2) is 14.9 Å². The number of nitrogens with zero attached hydrogens (tertiary/aromatic N) is 2. The lowest BCUT2D eigenvalue weighted by Crippen LogP contribution is -1.99. The fourth-order valence-electron chi connectivity index (χ4n) is 1.26. The van der Waals surface area contributed by atoms with Crippen LogP contribution in [0.2, 0.25) is 0 Å². The second-order valence-corrected chi connectivity index (χ2v) is 3.03. The summed E-state index contributed by atoms with van der Waals surface area (Å²) in [6, 6.07) is 6.29. The van der Waals surface area contributed by atoms with E-state index in [0.29, 0.717) is 6.54 Å². The summed E-state index contributed by atoms with van der Waals surface area (Å²) in [6.07, 6.45) is 2.84. The van der Waals surface area contributed by atoms with E-state index in [1.807, 2.05) is 6.07 Å². The van der Waals surface area contributed by atoms with Crippen molar-refractivity contribution in [3.05, 3.63) is 48.0 Å². The predicted octanol–water partition coefficient (Wildman–Crippen LogP) is 1.78. The first kappa shape index (κ1) is 8.74. The molecule has 0 atom stereocenters. The molecule has 14 heavy (non-hydrogen) atoms. The maximum atomic E-state index is 12.8. The van der Waals surface area contributed by atoms with E-state index in [9.17, 15) is 4.39 Å². The van der Waals surface area contributed by atoms with Gasteiger partial charge in [-0.2, -0.15) is 5.10 Å². The standard InChI is InChI=1S/C10H9FN2O/c11-9-3-1-2-8(4-9)6-13-7-10(14)5-12-13/h1-5,7,14H,6H2.